The zero-order chi connectivity index (χ0) is 25.2. The quantitative estimate of drug-likeness (QED) is 0.174. The molecule has 1 fully saturated rings. The fourth-order valence-electron chi connectivity index (χ4n) is 3.26. The summed E-state index contributed by atoms with van der Waals surface area (Å²) < 4.78 is 5.18. The van der Waals surface area contributed by atoms with E-state index in [4.69, 9.17) is 12.2 Å². The number of thiocarbonyl (C=S) groups is 1. The molecular weight excluding hydrogens is 486 g/mol. The van der Waals surface area contributed by atoms with Gasteiger partial charge in [0.15, 0.2) is 0 Å². The van der Waals surface area contributed by atoms with E-state index in [1.165, 1.54) is 18.9 Å². The molecular formula is C25H25N3O5S2. The summed E-state index contributed by atoms with van der Waals surface area (Å²) in [4.78, 5) is 50.3. The molecule has 182 valence electrons. The van der Waals surface area contributed by atoms with Crippen molar-refractivity contribution >= 4 is 58.1 Å². The number of hydrogen-bond donors (Lipinski definition) is 2. The molecule has 2 aromatic rings. The first kappa shape index (κ1) is 26.1. The number of hydrogen-bond acceptors (Lipinski definition) is 7. The van der Waals surface area contributed by atoms with Crippen LogP contribution in [0.2, 0.25) is 0 Å². The van der Waals surface area contributed by atoms with Gasteiger partial charge in [0.1, 0.15) is 4.32 Å². The molecule has 0 aromatic heterocycles. The first-order chi connectivity index (χ1) is 16.9. The third-order valence-electron chi connectivity index (χ3n) is 5.14. The monoisotopic (exact) mass is 511 g/mol. The van der Waals surface area contributed by atoms with Gasteiger partial charge >= 0.3 is 5.97 Å². The van der Waals surface area contributed by atoms with E-state index in [1.54, 1.807) is 65.6 Å². The van der Waals surface area contributed by atoms with Gasteiger partial charge in [-0.25, -0.2) is 4.79 Å². The number of esters is 1. The molecule has 2 N–H and O–H groups in total. The molecule has 35 heavy (non-hydrogen) atoms. The third kappa shape index (κ3) is 7.49. The summed E-state index contributed by atoms with van der Waals surface area (Å²) in [5, 5.41) is 0. The summed E-state index contributed by atoms with van der Waals surface area (Å²) in [6.45, 7) is 0.468. The van der Waals surface area contributed by atoms with Crippen molar-refractivity contribution in [1.29, 1.82) is 0 Å². The van der Waals surface area contributed by atoms with E-state index in [9.17, 15) is 19.2 Å². The maximum atomic E-state index is 12.8. The van der Waals surface area contributed by atoms with Crippen molar-refractivity contribution in [3.63, 3.8) is 0 Å². The first-order valence-corrected chi connectivity index (χ1v) is 12.2. The normalized spacial score (nSPS) is 14.2. The van der Waals surface area contributed by atoms with Crippen LogP contribution in [0.4, 0.5) is 0 Å². The molecule has 1 saturated heterocycles. The molecule has 0 bridgehead atoms. The van der Waals surface area contributed by atoms with Gasteiger partial charge in [-0.1, -0.05) is 60.7 Å². The van der Waals surface area contributed by atoms with E-state index in [0.717, 1.165) is 12.0 Å². The number of benzene rings is 2. The minimum absolute atomic E-state index is 0.154. The number of nitrogens with zero attached hydrogens (tertiary/aromatic N) is 1. The number of nitrogens with one attached hydrogen (secondary N) is 2. The Morgan fingerprint density at radius 1 is 0.971 bits per heavy atom. The number of carbonyl (C=O) groups is 4. The Bertz CT molecular complexity index is 1130. The third-order valence-corrected chi connectivity index (χ3v) is 6.52. The first-order valence-electron chi connectivity index (χ1n) is 11.0. The number of carbonyl (C=O) groups excluding carboxylic acids is 4. The van der Waals surface area contributed by atoms with Crippen LogP contribution in [0.5, 0.6) is 0 Å². The molecule has 0 spiro atoms. The zero-order valence-corrected chi connectivity index (χ0v) is 20.7. The minimum Gasteiger partial charge on any atom is -0.465 e. The van der Waals surface area contributed by atoms with Crippen LogP contribution in [0.1, 0.15) is 52.0 Å². The van der Waals surface area contributed by atoms with Gasteiger partial charge in [0.25, 0.3) is 11.8 Å². The van der Waals surface area contributed by atoms with Crippen LogP contribution in [0, 0.1) is 0 Å². The standard InChI is InChI=1S/C25H25N3O5S2/c1-33-24(32)19-13-11-17(12-14-19)16-20-23(31)28(25(34)35-20)15-7-3-6-10-21(29)26-27-22(30)18-8-4-2-5-9-18/h2,4-5,8-9,11-14,16H,3,6-7,10,15H2,1H3,(H,26,29)(H,27,30). The summed E-state index contributed by atoms with van der Waals surface area (Å²) in [6.07, 6.45) is 4.04. The number of ether oxygens (including phenoxy) is 1. The maximum absolute atomic E-state index is 12.8. The van der Waals surface area contributed by atoms with Crippen LogP contribution in [0.3, 0.4) is 0 Å². The predicted octanol–water partition coefficient (Wildman–Crippen LogP) is 3.70. The minimum atomic E-state index is -0.419. The molecule has 3 rings (SSSR count). The Hall–Kier alpha value is -3.50. The highest BCUT2D eigenvalue weighted by Gasteiger charge is 2.31. The number of methoxy groups -OCH3 is 1. The fraction of sp³-hybridized carbons (Fsp3) is 0.240. The van der Waals surface area contributed by atoms with Crippen LogP contribution in [0.25, 0.3) is 6.08 Å². The lowest BCUT2D eigenvalue weighted by Crippen LogP contribution is -2.41. The topological polar surface area (TPSA) is 105 Å². The maximum Gasteiger partial charge on any atom is 0.337 e. The zero-order valence-electron chi connectivity index (χ0n) is 19.1. The van der Waals surface area contributed by atoms with E-state index in [2.05, 4.69) is 15.6 Å². The van der Waals surface area contributed by atoms with Crippen molar-refractivity contribution in [3.05, 3.63) is 76.2 Å². The van der Waals surface area contributed by atoms with Crippen molar-refractivity contribution in [2.75, 3.05) is 13.7 Å². The van der Waals surface area contributed by atoms with E-state index in [0.29, 0.717) is 39.7 Å². The number of thioether (sulfide) groups is 1. The lowest BCUT2D eigenvalue weighted by atomic mass is 10.1. The van der Waals surface area contributed by atoms with Crippen LogP contribution in [-0.4, -0.2) is 46.6 Å². The number of rotatable bonds is 9. The van der Waals surface area contributed by atoms with Crippen molar-refractivity contribution in [2.24, 2.45) is 0 Å². The summed E-state index contributed by atoms with van der Waals surface area (Å²) in [5.74, 6) is -1.22. The highest BCUT2D eigenvalue weighted by Crippen LogP contribution is 2.32. The lowest BCUT2D eigenvalue weighted by Gasteiger charge is -2.14. The van der Waals surface area contributed by atoms with Crippen LogP contribution >= 0.6 is 24.0 Å². The van der Waals surface area contributed by atoms with E-state index in [-0.39, 0.29) is 24.1 Å². The molecule has 1 aliphatic heterocycles. The van der Waals surface area contributed by atoms with Crippen LogP contribution in [-0.2, 0) is 14.3 Å². The van der Waals surface area contributed by atoms with Crippen molar-refractivity contribution in [2.45, 2.75) is 25.7 Å². The van der Waals surface area contributed by atoms with E-state index in [1.807, 2.05) is 0 Å². The van der Waals surface area contributed by atoms with Gasteiger partial charge < -0.3 is 4.74 Å². The SMILES string of the molecule is COC(=O)c1ccc(C=C2SC(=S)N(CCCCCC(=O)NNC(=O)c3ccccc3)C2=O)cc1. The molecule has 8 nitrogen and oxygen atoms in total. The average Bonchev–Trinajstić information content (AvgIpc) is 3.14. The molecule has 0 atom stereocenters. The Kier molecular flexibility index (Phi) is 9.56. The second kappa shape index (κ2) is 12.8. The largest absolute Gasteiger partial charge is 0.465 e. The van der Waals surface area contributed by atoms with Crippen molar-refractivity contribution in [1.82, 2.24) is 15.8 Å². The van der Waals surface area contributed by atoms with Gasteiger partial charge in [0.2, 0.25) is 5.91 Å². The van der Waals surface area contributed by atoms with Crippen molar-refractivity contribution in [3.8, 4) is 0 Å². The number of amides is 3. The number of hydrazine groups is 1. The lowest BCUT2D eigenvalue weighted by molar-refractivity contribution is -0.123. The highest BCUT2D eigenvalue weighted by molar-refractivity contribution is 8.26. The molecule has 0 radical (unpaired) electrons. The van der Waals surface area contributed by atoms with Gasteiger partial charge in [-0.05, 0) is 48.7 Å². The Labute approximate surface area is 213 Å². The van der Waals surface area contributed by atoms with Gasteiger partial charge in [-0.3, -0.25) is 30.1 Å². The smallest absolute Gasteiger partial charge is 0.337 e. The summed E-state index contributed by atoms with van der Waals surface area (Å²) in [5.41, 5.74) is 6.48. The Balaban J connectivity index is 1.38. The molecule has 1 aliphatic rings. The van der Waals surface area contributed by atoms with Crippen LogP contribution < -0.4 is 10.9 Å². The molecule has 3 amide bonds. The average molecular weight is 512 g/mol. The fourth-order valence-corrected chi connectivity index (χ4v) is 4.57. The summed E-state index contributed by atoms with van der Waals surface area (Å²) in [6, 6.07) is 15.4. The van der Waals surface area contributed by atoms with Crippen LogP contribution in [0.15, 0.2) is 59.5 Å². The Morgan fingerprint density at radius 3 is 2.37 bits per heavy atom. The predicted molar refractivity (Wildman–Crippen MR) is 138 cm³/mol. The molecule has 0 unspecified atom stereocenters. The number of unbranched alkanes of at least 4 members (excludes halogenated alkanes) is 2. The van der Waals surface area contributed by atoms with Crippen molar-refractivity contribution < 1.29 is 23.9 Å². The molecule has 0 saturated carbocycles. The highest BCUT2D eigenvalue weighted by atomic mass is 32.2. The summed E-state index contributed by atoms with van der Waals surface area (Å²) >= 11 is 6.60. The van der Waals surface area contributed by atoms with Gasteiger partial charge in [0.05, 0.1) is 17.6 Å². The molecule has 10 heteroatoms. The second-order valence-corrected chi connectivity index (χ2v) is 9.30. The second-order valence-electron chi connectivity index (χ2n) is 7.63. The molecule has 1 heterocycles. The van der Waals surface area contributed by atoms with E-state index >= 15 is 0 Å². The molecule has 0 aliphatic carbocycles. The van der Waals surface area contributed by atoms with Gasteiger partial charge in [0, 0.05) is 18.5 Å². The molecule has 2 aromatic carbocycles. The van der Waals surface area contributed by atoms with E-state index < -0.39 is 5.97 Å². The Morgan fingerprint density at radius 2 is 1.69 bits per heavy atom. The van der Waals surface area contributed by atoms with Gasteiger partial charge in [-0.15, -0.1) is 0 Å². The van der Waals surface area contributed by atoms with Gasteiger partial charge in [-0.2, -0.15) is 0 Å². The summed E-state index contributed by atoms with van der Waals surface area (Å²) in [7, 11) is 1.32.